The van der Waals surface area contributed by atoms with Gasteiger partial charge in [-0.3, -0.25) is 9.69 Å². The standard InChI is InChI=1S/C18H22N4O2/c1-18(22-8-10-24-11-9-22)13-21(14-18)17(23)15-4-5-16(19-12-15)20-6-2-3-7-20/h2-7,12H,8-11,13-14H2,1H3. The lowest BCUT2D eigenvalue weighted by atomic mass is 9.89. The van der Waals surface area contributed by atoms with Gasteiger partial charge in [-0.15, -0.1) is 0 Å². The molecular weight excluding hydrogens is 304 g/mol. The molecule has 0 saturated carbocycles. The monoisotopic (exact) mass is 326 g/mol. The predicted octanol–water partition coefficient (Wildman–Crippen LogP) is 1.42. The Morgan fingerprint density at radius 1 is 1.17 bits per heavy atom. The average Bonchev–Trinajstić information content (AvgIpc) is 3.14. The summed E-state index contributed by atoms with van der Waals surface area (Å²) in [7, 11) is 0. The first kappa shape index (κ1) is 15.4. The molecule has 6 heteroatoms. The molecule has 0 bridgehead atoms. The lowest BCUT2D eigenvalue weighted by Gasteiger charge is -2.55. The van der Waals surface area contributed by atoms with Crippen LogP contribution in [0.4, 0.5) is 0 Å². The first-order chi connectivity index (χ1) is 11.7. The maximum absolute atomic E-state index is 12.6. The summed E-state index contributed by atoms with van der Waals surface area (Å²) >= 11 is 0. The van der Waals surface area contributed by atoms with Crippen molar-refractivity contribution in [1.29, 1.82) is 0 Å². The number of carbonyl (C=O) groups excluding carboxylic acids is 1. The van der Waals surface area contributed by atoms with Gasteiger partial charge in [0, 0.05) is 44.8 Å². The molecule has 1 amide bonds. The molecule has 4 rings (SSSR count). The highest BCUT2D eigenvalue weighted by molar-refractivity contribution is 5.94. The van der Waals surface area contributed by atoms with Crippen molar-refractivity contribution in [3.8, 4) is 5.82 Å². The number of aromatic nitrogens is 2. The van der Waals surface area contributed by atoms with E-state index in [0.717, 1.165) is 45.2 Å². The molecule has 0 spiro atoms. The average molecular weight is 326 g/mol. The van der Waals surface area contributed by atoms with E-state index >= 15 is 0 Å². The van der Waals surface area contributed by atoms with Crippen LogP contribution in [0.3, 0.4) is 0 Å². The summed E-state index contributed by atoms with van der Waals surface area (Å²) in [6.07, 6.45) is 5.54. The van der Waals surface area contributed by atoms with Crippen LogP contribution >= 0.6 is 0 Å². The lowest BCUT2D eigenvalue weighted by Crippen LogP contribution is -2.71. The molecule has 2 aliphatic heterocycles. The van der Waals surface area contributed by atoms with Crippen molar-refractivity contribution in [2.45, 2.75) is 12.5 Å². The fourth-order valence-corrected chi connectivity index (χ4v) is 3.56. The normalized spacial score (nSPS) is 20.6. The molecule has 0 aromatic carbocycles. The maximum atomic E-state index is 12.6. The van der Waals surface area contributed by atoms with Crippen LogP contribution in [0.1, 0.15) is 17.3 Å². The third-order valence-electron chi connectivity index (χ3n) is 4.99. The fraction of sp³-hybridized carbons (Fsp3) is 0.444. The Morgan fingerprint density at radius 3 is 2.50 bits per heavy atom. The van der Waals surface area contributed by atoms with Crippen molar-refractivity contribution in [2.75, 3.05) is 39.4 Å². The highest BCUT2D eigenvalue weighted by Crippen LogP contribution is 2.29. The molecule has 4 heterocycles. The Bertz CT molecular complexity index is 699. The number of hydrogen-bond acceptors (Lipinski definition) is 4. The molecule has 0 aliphatic carbocycles. The molecule has 2 aromatic heterocycles. The molecule has 24 heavy (non-hydrogen) atoms. The quantitative estimate of drug-likeness (QED) is 0.856. The maximum Gasteiger partial charge on any atom is 0.255 e. The molecule has 2 aromatic rings. The Morgan fingerprint density at radius 2 is 1.88 bits per heavy atom. The van der Waals surface area contributed by atoms with Gasteiger partial charge in [0.2, 0.25) is 0 Å². The summed E-state index contributed by atoms with van der Waals surface area (Å²) in [5.74, 6) is 0.880. The number of rotatable bonds is 3. The van der Waals surface area contributed by atoms with Gasteiger partial charge in [0.15, 0.2) is 0 Å². The van der Waals surface area contributed by atoms with Crippen LogP contribution in [0.5, 0.6) is 0 Å². The number of nitrogens with zero attached hydrogens (tertiary/aromatic N) is 4. The predicted molar refractivity (Wildman–Crippen MR) is 90.3 cm³/mol. The molecule has 0 radical (unpaired) electrons. The van der Waals surface area contributed by atoms with Crippen LogP contribution in [0, 0.1) is 0 Å². The minimum atomic E-state index is 0.0623. The van der Waals surface area contributed by atoms with Crippen LogP contribution in [0.2, 0.25) is 0 Å². The topological polar surface area (TPSA) is 50.6 Å². The number of likely N-dealkylation sites (tertiary alicyclic amines) is 1. The molecule has 2 aliphatic rings. The Balaban J connectivity index is 1.40. The molecule has 0 unspecified atom stereocenters. The van der Waals surface area contributed by atoms with E-state index in [2.05, 4.69) is 16.8 Å². The highest BCUT2D eigenvalue weighted by Gasteiger charge is 2.46. The van der Waals surface area contributed by atoms with Crippen molar-refractivity contribution in [3.63, 3.8) is 0 Å². The zero-order valence-corrected chi connectivity index (χ0v) is 13.9. The lowest BCUT2D eigenvalue weighted by molar-refractivity contribution is -0.0739. The van der Waals surface area contributed by atoms with Gasteiger partial charge in [-0.1, -0.05) is 0 Å². The van der Waals surface area contributed by atoms with E-state index in [9.17, 15) is 4.79 Å². The van der Waals surface area contributed by atoms with Gasteiger partial charge in [-0.2, -0.15) is 0 Å². The number of hydrogen-bond donors (Lipinski definition) is 0. The van der Waals surface area contributed by atoms with Crippen LogP contribution in [0.15, 0.2) is 42.9 Å². The second kappa shape index (κ2) is 6.03. The number of ether oxygens (including phenoxy) is 1. The van der Waals surface area contributed by atoms with Gasteiger partial charge in [0.1, 0.15) is 5.82 Å². The van der Waals surface area contributed by atoms with E-state index < -0.39 is 0 Å². The van der Waals surface area contributed by atoms with Crippen molar-refractivity contribution in [3.05, 3.63) is 48.4 Å². The minimum absolute atomic E-state index is 0.0623. The van der Waals surface area contributed by atoms with Crippen LogP contribution in [-0.4, -0.2) is 70.2 Å². The molecular formula is C18H22N4O2. The van der Waals surface area contributed by atoms with Crippen LogP contribution < -0.4 is 0 Å². The SMILES string of the molecule is CC1(N2CCOCC2)CN(C(=O)c2ccc(-n3cccc3)nc2)C1. The van der Waals surface area contributed by atoms with Gasteiger partial charge in [-0.05, 0) is 31.2 Å². The van der Waals surface area contributed by atoms with E-state index in [-0.39, 0.29) is 11.4 Å². The van der Waals surface area contributed by atoms with Crippen molar-refractivity contribution < 1.29 is 9.53 Å². The smallest absolute Gasteiger partial charge is 0.255 e. The van der Waals surface area contributed by atoms with Crippen LogP contribution in [-0.2, 0) is 4.74 Å². The third kappa shape index (κ3) is 2.72. The Labute approximate surface area is 141 Å². The van der Waals surface area contributed by atoms with Gasteiger partial charge in [-0.25, -0.2) is 4.98 Å². The number of pyridine rings is 1. The van der Waals surface area contributed by atoms with Gasteiger partial charge < -0.3 is 14.2 Å². The first-order valence-corrected chi connectivity index (χ1v) is 8.37. The van der Waals surface area contributed by atoms with Crippen LogP contribution in [0.25, 0.3) is 5.82 Å². The van der Waals surface area contributed by atoms with E-state index in [0.29, 0.717) is 5.56 Å². The van der Waals surface area contributed by atoms with Gasteiger partial charge >= 0.3 is 0 Å². The van der Waals surface area contributed by atoms with E-state index in [1.807, 2.05) is 46.1 Å². The summed E-state index contributed by atoms with van der Waals surface area (Å²) in [6, 6.07) is 7.64. The molecule has 0 atom stereocenters. The summed E-state index contributed by atoms with van der Waals surface area (Å²) in [5, 5.41) is 0. The Kier molecular flexibility index (Phi) is 3.86. The van der Waals surface area contributed by atoms with E-state index in [1.165, 1.54) is 0 Å². The van der Waals surface area contributed by atoms with Crippen molar-refractivity contribution in [1.82, 2.24) is 19.4 Å². The first-order valence-electron chi connectivity index (χ1n) is 8.37. The summed E-state index contributed by atoms with van der Waals surface area (Å²) in [6.45, 7) is 7.24. The molecule has 2 fully saturated rings. The summed E-state index contributed by atoms with van der Waals surface area (Å²) in [5.41, 5.74) is 0.729. The molecule has 0 N–H and O–H groups in total. The van der Waals surface area contributed by atoms with E-state index in [1.54, 1.807) is 6.20 Å². The van der Waals surface area contributed by atoms with Gasteiger partial charge in [0.25, 0.3) is 5.91 Å². The molecule has 6 nitrogen and oxygen atoms in total. The van der Waals surface area contributed by atoms with Gasteiger partial charge in [0.05, 0.1) is 24.3 Å². The fourth-order valence-electron chi connectivity index (χ4n) is 3.56. The molecule has 126 valence electrons. The third-order valence-corrected chi connectivity index (χ3v) is 4.99. The van der Waals surface area contributed by atoms with E-state index in [4.69, 9.17) is 4.74 Å². The molecule has 2 saturated heterocycles. The number of amides is 1. The highest BCUT2D eigenvalue weighted by atomic mass is 16.5. The second-order valence-electron chi connectivity index (χ2n) is 6.75. The second-order valence-corrected chi connectivity index (χ2v) is 6.75. The summed E-state index contributed by atoms with van der Waals surface area (Å²) in [4.78, 5) is 21.4. The Hall–Kier alpha value is -2.18. The zero-order valence-electron chi connectivity index (χ0n) is 13.9. The number of carbonyl (C=O) groups is 1. The summed E-state index contributed by atoms with van der Waals surface area (Å²) < 4.78 is 7.34. The zero-order chi connectivity index (χ0) is 16.6. The number of morpholine rings is 1. The van der Waals surface area contributed by atoms with Crippen molar-refractivity contribution >= 4 is 5.91 Å². The minimum Gasteiger partial charge on any atom is -0.379 e. The van der Waals surface area contributed by atoms with Crippen molar-refractivity contribution in [2.24, 2.45) is 0 Å². The largest absolute Gasteiger partial charge is 0.379 e.